The predicted molar refractivity (Wildman–Crippen MR) is 75.1 cm³/mol. The van der Waals surface area contributed by atoms with Crippen molar-refractivity contribution >= 4 is 5.91 Å². The van der Waals surface area contributed by atoms with Crippen LogP contribution in [0.5, 0.6) is 0 Å². The molecule has 0 aliphatic rings. The monoisotopic (exact) mass is 271 g/mol. The van der Waals surface area contributed by atoms with E-state index < -0.39 is 0 Å². The highest BCUT2D eigenvalue weighted by Crippen LogP contribution is 2.05. The van der Waals surface area contributed by atoms with Gasteiger partial charge in [0.15, 0.2) is 0 Å². The second-order valence-electron chi connectivity index (χ2n) is 4.52. The second kappa shape index (κ2) is 7.35. The highest BCUT2D eigenvalue weighted by molar-refractivity contribution is 5.93. The van der Waals surface area contributed by atoms with Crippen molar-refractivity contribution in [3.8, 4) is 0 Å². The molecule has 0 bridgehead atoms. The normalized spacial score (nSPS) is 11.8. The van der Waals surface area contributed by atoms with E-state index in [2.05, 4.69) is 15.3 Å². The summed E-state index contributed by atoms with van der Waals surface area (Å²) < 4.78 is 0. The molecule has 0 spiro atoms. The van der Waals surface area contributed by atoms with E-state index in [4.69, 9.17) is 0 Å². The lowest BCUT2D eigenvalue weighted by Crippen LogP contribution is -2.32. The molecule has 5 nitrogen and oxygen atoms in total. The van der Waals surface area contributed by atoms with Crippen LogP contribution in [0.1, 0.15) is 16.1 Å². The fraction of sp³-hybridized carbons (Fsp3) is 0.267. The summed E-state index contributed by atoms with van der Waals surface area (Å²) in [4.78, 5) is 20.0. The lowest BCUT2D eigenvalue weighted by Gasteiger charge is -2.14. The highest BCUT2D eigenvalue weighted by atomic mass is 16.3. The molecule has 2 heterocycles. The van der Waals surface area contributed by atoms with E-state index in [0.717, 1.165) is 5.69 Å². The Labute approximate surface area is 117 Å². The molecule has 104 valence electrons. The summed E-state index contributed by atoms with van der Waals surface area (Å²) in [6.07, 6.45) is 5.51. The number of carbonyl (C=O) groups excluding carboxylic acids is 1. The standard InChI is InChI=1S/C15H17N3O2/c19-11-12(9-14-3-1-2-6-17-14)10-18-15(20)13-4-7-16-8-5-13/h1-8,12,19H,9-11H2,(H,18,20). The molecule has 1 amide bonds. The summed E-state index contributed by atoms with van der Waals surface area (Å²) >= 11 is 0. The van der Waals surface area contributed by atoms with Crippen LogP contribution in [0.3, 0.4) is 0 Å². The predicted octanol–water partition coefficient (Wildman–Crippen LogP) is 1.06. The maximum atomic E-state index is 11.9. The number of aliphatic hydroxyl groups excluding tert-OH is 1. The molecule has 0 saturated heterocycles. The van der Waals surface area contributed by atoms with Gasteiger partial charge in [0.2, 0.25) is 0 Å². The average Bonchev–Trinajstić information content (AvgIpc) is 2.53. The van der Waals surface area contributed by atoms with Crippen LogP contribution in [0.25, 0.3) is 0 Å². The van der Waals surface area contributed by atoms with Gasteiger partial charge in [-0.1, -0.05) is 6.07 Å². The van der Waals surface area contributed by atoms with Gasteiger partial charge >= 0.3 is 0 Å². The first-order valence-electron chi connectivity index (χ1n) is 6.48. The Balaban J connectivity index is 1.86. The van der Waals surface area contributed by atoms with E-state index in [1.54, 1.807) is 30.7 Å². The summed E-state index contributed by atoms with van der Waals surface area (Å²) in [5.74, 6) is -0.206. The van der Waals surface area contributed by atoms with Gasteiger partial charge in [0.05, 0.1) is 0 Å². The Hall–Kier alpha value is -2.27. The SMILES string of the molecule is O=C(NCC(CO)Cc1ccccn1)c1ccncc1. The van der Waals surface area contributed by atoms with Crippen LogP contribution in [0.15, 0.2) is 48.9 Å². The van der Waals surface area contributed by atoms with Crippen molar-refractivity contribution in [2.75, 3.05) is 13.2 Å². The van der Waals surface area contributed by atoms with Crippen LogP contribution in [0.2, 0.25) is 0 Å². The van der Waals surface area contributed by atoms with Gasteiger partial charge in [0.1, 0.15) is 0 Å². The smallest absolute Gasteiger partial charge is 0.251 e. The fourth-order valence-corrected chi connectivity index (χ4v) is 1.86. The van der Waals surface area contributed by atoms with Crippen molar-refractivity contribution in [1.82, 2.24) is 15.3 Å². The van der Waals surface area contributed by atoms with E-state index in [9.17, 15) is 9.90 Å². The number of nitrogens with zero attached hydrogens (tertiary/aromatic N) is 2. The number of amides is 1. The summed E-state index contributed by atoms with van der Waals surface area (Å²) in [6, 6.07) is 8.98. The lowest BCUT2D eigenvalue weighted by molar-refractivity contribution is 0.0939. The minimum atomic E-state index is -0.160. The van der Waals surface area contributed by atoms with E-state index >= 15 is 0 Å². The summed E-state index contributed by atoms with van der Waals surface area (Å²) in [5, 5.41) is 12.2. The minimum absolute atomic E-state index is 0.00714. The first-order chi connectivity index (χ1) is 9.79. The minimum Gasteiger partial charge on any atom is -0.396 e. The van der Waals surface area contributed by atoms with Crippen LogP contribution in [0.4, 0.5) is 0 Å². The van der Waals surface area contributed by atoms with Crippen LogP contribution in [-0.2, 0) is 6.42 Å². The van der Waals surface area contributed by atoms with Crippen LogP contribution in [-0.4, -0.2) is 34.1 Å². The third-order valence-corrected chi connectivity index (χ3v) is 2.98. The second-order valence-corrected chi connectivity index (χ2v) is 4.52. The molecule has 0 radical (unpaired) electrons. The number of hydrogen-bond acceptors (Lipinski definition) is 4. The number of rotatable bonds is 6. The largest absolute Gasteiger partial charge is 0.396 e. The third kappa shape index (κ3) is 4.13. The molecule has 0 saturated carbocycles. The molecule has 2 aromatic heterocycles. The van der Waals surface area contributed by atoms with Crippen molar-refractivity contribution < 1.29 is 9.90 Å². The van der Waals surface area contributed by atoms with Gasteiger partial charge in [-0.05, 0) is 30.7 Å². The Bertz CT molecular complexity index is 531. The fourth-order valence-electron chi connectivity index (χ4n) is 1.86. The number of aliphatic hydroxyl groups is 1. The van der Waals surface area contributed by atoms with E-state index in [1.165, 1.54) is 0 Å². The van der Waals surface area contributed by atoms with Crippen molar-refractivity contribution in [2.45, 2.75) is 6.42 Å². The molecular formula is C15H17N3O2. The Morgan fingerprint density at radius 2 is 2.00 bits per heavy atom. The molecule has 5 heteroatoms. The molecule has 0 aromatic carbocycles. The topological polar surface area (TPSA) is 75.1 Å². The van der Waals surface area contributed by atoms with Crippen LogP contribution >= 0.6 is 0 Å². The zero-order chi connectivity index (χ0) is 14.2. The summed E-state index contributed by atoms with van der Waals surface area (Å²) in [6.45, 7) is 0.418. The maximum Gasteiger partial charge on any atom is 0.251 e. The lowest BCUT2D eigenvalue weighted by atomic mass is 10.0. The Kier molecular flexibility index (Phi) is 5.20. The van der Waals surface area contributed by atoms with Crippen molar-refractivity contribution in [3.63, 3.8) is 0 Å². The van der Waals surface area contributed by atoms with E-state index in [-0.39, 0.29) is 18.4 Å². The van der Waals surface area contributed by atoms with E-state index in [0.29, 0.717) is 18.5 Å². The summed E-state index contributed by atoms with van der Waals surface area (Å²) in [7, 11) is 0. The molecule has 2 aromatic rings. The molecule has 1 atom stereocenters. The Morgan fingerprint density at radius 3 is 2.65 bits per heavy atom. The zero-order valence-corrected chi connectivity index (χ0v) is 11.1. The first kappa shape index (κ1) is 14.1. The molecule has 1 unspecified atom stereocenters. The molecule has 2 rings (SSSR count). The first-order valence-corrected chi connectivity index (χ1v) is 6.48. The zero-order valence-electron chi connectivity index (χ0n) is 11.1. The molecule has 20 heavy (non-hydrogen) atoms. The maximum absolute atomic E-state index is 11.9. The van der Waals surface area contributed by atoms with Crippen molar-refractivity contribution in [2.24, 2.45) is 5.92 Å². The van der Waals surface area contributed by atoms with Crippen molar-refractivity contribution in [3.05, 3.63) is 60.2 Å². The van der Waals surface area contributed by atoms with E-state index in [1.807, 2.05) is 18.2 Å². The van der Waals surface area contributed by atoms with Gasteiger partial charge in [0.25, 0.3) is 5.91 Å². The molecule has 0 aliphatic carbocycles. The number of carbonyl (C=O) groups is 1. The average molecular weight is 271 g/mol. The number of pyridine rings is 2. The third-order valence-electron chi connectivity index (χ3n) is 2.98. The molecule has 2 N–H and O–H groups in total. The van der Waals surface area contributed by atoms with Gasteiger partial charge in [-0.25, -0.2) is 0 Å². The number of aromatic nitrogens is 2. The van der Waals surface area contributed by atoms with Gasteiger partial charge in [-0.15, -0.1) is 0 Å². The molecule has 0 fully saturated rings. The van der Waals surface area contributed by atoms with Crippen molar-refractivity contribution in [1.29, 1.82) is 0 Å². The van der Waals surface area contributed by atoms with Gasteiger partial charge < -0.3 is 10.4 Å². The molecule has 0 aliphatic heterocycles. The van der Waals surface area contributed by atoms with Gasteiger partial charge in [0, 0.05) is 48.9 Å². The van der Waals surface area contributed by atoms with Gasteiger partial charge in [-0.3, -0.25) is 14.8 Å². The Morgan fingerprint density at radius 1 is 1.20 bits per heavy atom. The summed E-state index contributed by atoms with van der Waals surface area (Å²) in [5.41, 5.74) is 1.47. The van der Waals surface area contributed by atoms with Gasteiger partial charge in [-0.2, -0.15) is 0 Å². The number of nitrogens with one attached hydrogen (secondary N) is 1. The van der Waals surface area contributed by atoms with Crippen LogP contribution in [0, 0.1) is 5.92 Å². The quantitative estimate of drug-likeness (QED) is 0.823. The van der Waals surface area contributed by atoms with Crippen LogP contribution < -0.4 is 5.32 Å². The highest BCUT2D eigenvalue weighted by Gasteiger charge is 2.12. The molecular weight excluding hydrogens is 254 g/mol. The number of hydrogen-bond donors (Lipinski definition) is 2.